The van der Waals surface area contributed by atoms with E-state index in [0.717, 1.165) is 22.3 Å². The zero-order valence-corrected chi connectivity index (χ0v) is 13.3. The van der Waals surface area contributed by atoms with Gasteiger partial charge in [0, 0.05) is 24.7 Å². The van der Waals surface area contributed by atoms with E-state index in [9.17, 15) is 9.18 Å². The molecule has 2 aromatic carbocycles. The average molecular weight is 321 g/mol. The van der Waals surface area contributed by atoms with E-state index in [4.69, 9.17) is 4.42 Å². The summed E-state index contributed by atoms with van der Waals surface area (Å²) in [7, 11) is 0. The molecule has 1 aliphatic heterocycles. The van der Waals surface area contributed by atoms with Crippen LogP contribution in [0.4, 0.5) is 10.3 Å². The third-order valence-electron chi connectivity index (χ3n) is 4.41. The Labute approximate surface area is 138 Å². The zero-order chi connectivity index (χ0) is 16.8. The molecular weight excluding hydrogens is 305 g/mol. The fourth-order valence-corrected chi connectivity index (χ4v) is 3.25. The number of rotatable bonds is 2. The maximum atomic E-state index is 13.4. The molecule has 0 radical (unpaired) electrons. The molecule has 24 heavy (non-hydrogen) atoms. The third-order valence-corrected chi connectivity index (χ3v) is 4.41. The Balaban J connectivity index is 1.83. The van der Waals surface area contributed by atoms with Crippen molar-refractivity contribution in [1.29, 1.82) is 0 Å². The Bertz CT molecular complexity index is 1040. The van der Waals surface area contributed by atoms with Gasteiger partial charge in [-0.2, -0.15) is 0 Å². The summed E-state index contributed by atoms with van der Waals surface area (Å²) in [6, 6.07) is 10.0. The van der Waals surface area contributed by atoms with Crippen LogP contribution in [-0.2, 0) is 13.1 Å². The predicted molar refractivity (Wildman–Crippen MR) is 93.6 cm³/mol. The van der Waals surface area contributed by atoms with Gasteiger partial charge in [0.25, 0.3) is 0 Å². The molecule has 2 heterocycles. The molecule has 0 spiro atoms. The summed E-state index contributed by atoms with van der Waals surface area (Å²) in [6.45, 7) is 6.86. The number of fused-ring (bicyclic) bond motifs is 2. The van der Waals surface area contributed by atoms with Crippen LogP contribution in [0, 0.1) is 12.7 Å². The Kier molecular flexibility index (Phi) is 3.27. The predicted octanol–water partition coefficient (Wildman–Crippen LogP) is 4.40. The summed E-state index contributed by atoms with van der Waals surface area (Å²) in [5.74, 6) is 0.246. The minimum absolute atomic E-state index is 0.0832. The van der Waals surface area contributed by atoms with Gasteiger partial charge in [-0.3, -0.25) is 4.79 Å². The molecule has 1 aromatic heterocycles. The molecule has 0 saturated heterocycles. The molecule has 0 atom stereocenters. The lowest BCUT2D eigenvalue weighted by Gasteiger charge is -2.16. The fourth-order valence-electron chi connectivity index (χ4n) is 3.25. The lowest BCUT2D eigenvalue weighted by atomic mass is 10.1. The van der Waals surface area contributed by atoms with Crippen LogP contribution in [0.15, 0.2) is 52.2 Å². The molecule has 0 bridgehead atoms. The summed E-state index contributed by atoms with van der Waals surface area (Å²) in [6.07, 6.45) is 1.69. The highest BCUT2D eigenvalue weighted by Crippen LogP contribution is 2.31. The normalized spacial score (nSPS) is 13.3. The van der Waals surface area contributed by atoms with Gasteiger partial charge in [-0.05, 0) is 47.9 Å². The molecule has 0 saturated carbocycles. The van der Waals surface area contributed by atoms with Gasteiger partial charge in [0.05, 0.1) is 5.39 Å². The van der Waals surface area contributed by atoms with Gasteiger partial charge in [0.15, 0.2) is 5.43 Å². The summed E-state index contributed by atoms with van der Waals surface area (Å²) in [4.78, 5) is 14.5. The van der Waals surface area contributed by atoms with E-state index in [1.54, 1.807) is 12.1 Å². The first-order valence-corrected chi connectivity index (χ1v) is 7.78. The molecule has 3 nitrogen and oxygen atoms in total. The number of aryl methyl sites for hydroxylation is 1. The first kappa shape index (κ1) is 14.7. The van der Waals surface area contributed by atoms with E-state index in [0.29, 0.717) is 29.9 Å². The lowest BCUT2D eigenvalue weighted by molar-refractivity contribution is 0.575. The highest BCUT2D eigenvalue weighted by atomic mass is 19.1. The van der Waals surface area contributed by atoms with Crippen LogP contribution in [0.5, 0.6) is 0 Å². The Morgan fingerprint density at radius 2 is 1.96 bits per heavy atom. The van der Waals surface area contributed by atoms with Crippen LogP contribution >= 0.6 is 0 Å². The van der Waals surface area contributed by atoms with Crippen molar-refractivity contribution in [3.8, 4) is 0 Å². The molecule has 0 amide bonds. The zero-order valence-electron chi connectivity index (χ0n) is 13.3. The van der Waals surface area contributed by atoms with E-state index in [1.165, 1.54) is 18.2 Å². The van der Waals surface area contributed by atoms with E-state index in [1.807, 2.05) is 24.0 Å². The largest absolute Gasteiger partial charge is 0.440 e. The number of benzene rings is 2. The standard InChI is InChI=1S/C20H16FNO2/c1-3-13-6-12(2)7-17-18(23)9-19(24-20(13)17)22-10-14-4-5-16(21)8-15(14)11-22/h3-9H,1,10-11H2,2H3. The number of hydrogen-bond donors (Lipinski definition) is 0. The van der Waals surface area contributed by atoms with Crippen molar-refractivity contribution in [3.05, 3.63) is 81.3 Å². The monoisotopic (exact) mass is 321 g/mol. The van der Waals surface area contributed by atoms with Crippen molar-refractivity contribution in [3.63, 3.8) is 0 Å². The second-order valence-electron chi connectivity index (χ2n) is 6.15. The van der Waals surface area contributed by atoms with E-state index >= 15 is 0 Å². The van der Waals surface area contributed by atoms with Gasteiger partial charge >= 0.3 is 0 Å². The molecule has 0 unspecified atom stereocenters. The van der Waals surface area contributed by atoms with E-state index in [2.05, 4.69) is 6.58 Å². The molecule has 120 valence electrons. The van der Waals surface area contributed by atoms with Crippen molar-refractivity contribution in [1.82, 2.24) is 0 Å². The van der Waals surface area contributed by atoms with Gasteiger partial charge < -0.3 is 9.32 Å². The van der Waals surface area contributed by atoms with Crippen LogP contribution in [0.25, 0.3) is 17.0 Å². The minimum Gasteiger partial charge on any atom is -0.440 e. The SMILES string of the molecule is C=Cc1cc(C)cc2c(=O)cc(N3Cc4ccc(F)cc4C3)oc12. The van der Waals surface area contributed by atoms with Gasteiger partial charge in [0.2, 0.25) is 5.88 Å². The highest BCUT2D eigenvalue weighted by Gasteiger charge is 2.22. The summed E-state index contributed by atoms with van der Waals surface area (Å²) in [5, 5.41) is 0.552. The van der Waals surface area contributed by atoms with E-state index < -0.39 is 0 Å². The van der Waals surface area contributed by atoms with Crippen LogP contribution < -0.4 is 10.3 Å². The molecule has 3 aromatic rings. The van der Waals surface area contributed by atoms with Crippen LogP contribution in [0.1, 0.15) is 22.3 Å². The maximum Gasteiger partial charge on any atom is 0.200 e. The van der Waals surface area contributed by atoms with Gasteiger partial charge in [0.1, 0.15) is 11.4 Å². The number of halogens is 1. The molecule has 0 N–H and O–H groups in total. The first-order chi connectivity index (χ1) is 11.5. The van der Waals surface area contributed by atoms with E-state index in [-0.39, 0.29) is 11.2 Å². The molecular formula is C20H16FNO2. The number of anilines is 1. The Hall–Kier alpha value is -2.88. The topological polar surface area (TPSA) is 33.5 Å². The second-order valence-corrected chi connectivity index (χ2v) is 6.15. The van der Waals surface area contributed by atoms with Crippen LogP contribution in [0.3, 0.4) is 0 Å². The van der Waals surface area contributed by atoms with Crippen molar-refractivity contribution >= 4 is 22.9 Å². The Morgan fingerprint density at radius 3 is 2.75 bits per heavy atom. The summed E-state index contributed by atoms with van der Waals surface area (Å²) < 4.78 is 19.4. The average Bonchev–Trinajstić information content (AvgIpc) is 2.97. The lowest BCUT2D eigenvalue weighted by Crippen LogP contribution is -2.17. The smallest absolute Gasteiger partial charge is 0.200 e. The minimum atomic E-state index is -0.250. The molecule has 0 aliphatic carbocycles. The fraction of sp³-hybridized carbons (Fsp3) is 0.150. The van der Waals surface area contributed by atoms with Crippen molar-refractivity contribution in [2.75, 3.05) is 4.90 Å². The summed E-state index contributed by atoms with van der Waals surface area (Å²) in [5.41, 5.74) is 4.21. The van der Waals surface area contributed by atoms with Gasteiger partial charge in [-0.25, -0.2) is 4.39 Å². The first-order valence-electron chi connectivity index (χ1n) is 7.78. The highest BCUT2D eigenvalue weighted by molar-refractivity contribution is 5.86. The molecule has 4 rings (SSSR count). The quantitative estimate of drug-likeness (QED) is 0.701. The van der Waals surface area contributed by atoms with Gasteiger partial charge in [-0.1, -0.05) is 18.7 Å². The Morgan fingerprint density at radius 1 is 1.17 bits per heavy atom. The third kappa shape index (κ3) is 2.31. The van der Waals surface area contributed by atoms with Gasteiger partial charge in [-0.15, -0.1) is 0 Å². The van der Waals surface area contributed by atoms with Crippen LogP contribution in [-0.4, -0.2) is 0 Å². The summed E-state index contributed by atoms with van der Waals surface area (Å²) >= 11 is 0. The number of hydrogen-bond acceptors (Lipinski definition) is 3. The van der Waals surface area contributed by atoms with Crippen molar-refractivity contribution in [2.45, 2.75) is 20.0 Å². The number of nitrogens with zero attached hydrogens (tertiary/aromatic N) is 1. The molecule has 1 aliphatic rings. The molecule has 0 fully saturated rings. The molecule has 4 heteroatoms. The maximum absolute atomic E-state index is 13.4. The second kappa shape index (κ2) is 5.34. The van der Waals surface area contributed by atoms with Crippen molar-refractivity contribution in [2.24, 2.45) is 0 Å². The van der Waals surface area contributed by atoms with Crippen molar-refractivity contribution < 1.29 is 8.81 Å². The van der Waals surface area contributed by atoms with Crippen LogP contribution in [0.2, 0.25) is 0 Å².